The predicted molar refractivity (Wildman–Crippen MR) is 158 cm³/mol. The summed E-state index contributed by atoms with van der Waals surface area (Å²) in [6, 6.07) is 28.6. The van der Waals surface area contributed by atoms with Crippen molar-refractivity contribution in [2.24, 2.45) is 0 Å². The van der Waals surface area contributed by atoms with Gasteiger partial charge in [-0.15, -0.1) is 0 Å². The smallest absolute Gasteiger partial charge is 0.343 e. The van der Waals surface area contributed by atoms with Crippen molar-refractivity contribution < 1.29 is 23.9 Å². The number of carbonyl (C=O) groups is 4. The van der Waals surface area contributed by atoms with E-state index in [9.17, 15) is 19.2 Å². The Hall–Kier alpha value is -5.50. The number of anilines is 3. The molecule has 1 saturated heterocycles. The van der Waals surface area contributed by atoms with Gasteiger partial charge in [-0.2, -0.15) is 0 Å². The topological polar surface area (TPSA) is 96.0 Å². The number of barbiturate groups is 1. The quantitative estimate of drug-likeness (QED) is 0.230. The standard InChI is InChI=1S/C33H27N3O5/c1-22-13-14-23(2)29(19-22)34-30(37)21-41-27-17-15-24(16-18-27)20-28-31(38)35(25-9-5-3-6-10-25)33(40)36(32(28)39)26-11-7-4-8-12-26/h3-20H,21H2,1-2H3,(H,34,37). The van der Waals surface area contributed by atoms with E-state index in [1.165, 1.54) is 6.08 Å². The van der Waals surface area contributed by atoms with E-state index in [1.54, 1.807) is 84.9 Å². The van der Waals surface area contributed by atoms with Crippen LogP contribution in [0.3, 0.4) is 0 Å². The Bertz CT molecular complexity index is 1580. The fourth-order valence-corrected chi connectivity index (χ4v) is 4.37. The molecule has 0 atom stereocenters. The van der Waals surface area contributed by atoms with E-state index >= 15 is 0 Å². The van der Waals surface area contributed by atoms with Crippen LogP contribution in [0.1, 0.15) is 16.7 Å². The molecule has 0 aliphatic carbocycles. The summed E-state index contributed by atoms with van der Waals surface area (Å²) in [5.74, 6) is -1.30. The van der Waals surface area contributed by atoms with Crippen LogP contribution in [0.25, 0.3) is 6.08 Å². The molecule has 41 heavy (non-hydrogen) atoms. The van der Waals surface area contributed by atoms with Gasteiger partial charge in [0.2, 0.25) is 0 Å². The highest BCUT2D eigenvalue weighted by atomic mass is 16.5. The number of ether oxygens (including phenoxy) is 1. The Morgan fingerprint density at radius 3 is 1.88 bits per heavy atom. The number of amides is 5. The Kier molecular flexibility index (Phi) is 7.74. The fourth-order valence-electron chi connectivity index (χ4n) is 4.37. The molecule has 0 radical (unpaired) electrons. The maximum atomic E-state index is 13.5. The molecule has 204 valence electrons. The van der Waals surface area contributed by atoms with E-state index in [1.807, 2.05) is 32.0 Å². The van der Waals surface area contributed by atoms with E-state index in [-0.39, 0.29) is 18.1 Å². The van der Waals surface area contributed by atoms with Crippen LogP contribution in [0.15, 0.2) is 109 Å². The van der Waals surface area contributed by atoms with Crippen molar-refractivity contribution in [1.29, 1.82) is 0 Å². The van der Waals surface area contributed by atoms with E-state index in [4.69, 9.17) is 4.74 Å². The van der Waals surface area contributed by atoms with Gasteiger partial charge in [0, 0.05) is 5.69 Å². The molecule has 0 spiro atoms. The van der Waals surface area contributed by atoms with Crippen LogP contribution in [0, 0.1) is 13.8 Å². The number of nitrogens with one attached hydrogen (secondary N) is 1. The molecule has 0 bridgehead atoms. The zero-order valence-electron chi connectivity index (χ0n) is 22.5. The Morgan fingerprint density at radius 2 is 1.32 bits per heavy atom. The van der Waals surface area contributed by atoms with E-state index < -0.39 is 17.8 Å². The first-order chi connectivity index (χ1) is 19.8. The zero-order chi connectivity index (χ0) is 28.9. The maximum Gasteiger partial charge on any atom is 0.343 e. The minimum atomic E-state index is -0.752. The van der Waals surface area contributed by atoms with Crippen molar-refractivity contribution in [2.75, 3.05) is 21.7 Å². The predicted octanol–water partition coefficient (Wildman–Crippen LogP) is 5.90. The molecule has 5 rings (SSSR count). The SMILES string of the molecule is Cc1ccc(C)c(NC(=O)COc2ccc(C=C3C(=O)N(c4ccccc4)C(=O)N(c4ccccc4)C3=O)cc2)c1. The summed E-state index contributed by atoms with van der Waals surface area (Å²) in [6.45, 7) is 3.68. The summed E-state index contributed by atoms with van der Waals surface area (Å²) in [6.07, 6.45) is 1.44. The average Bonchev–Trinajstić information content (AvgIpc) is 2.98. The fraction of sp³-hybridized carbons (Fsp3) is 0.0909. The molecule has 0 unspecified atom stereocenters. The minimum Gasteiger partial charge on any atom is -0.484 e. The molecule has 4 aromatic carbocycles. The van der Waals surface area contributed by atoms with Gasteiger partial charge in [-0.3, -0.25) is 14.4 Å². The number of benzene rings is 4. The third-order valence-corrected chi connectivity index (χ3v) is 6.51. The van der Waals surface area contributed by atoms with Gasteiger partial charge in [0.15, 0.2) is 6.61 Å². The van der Waals surface area contributed by atoms with E-state index in [2.05, 4.69) is 5.32 Å². The van der Waals surface area contributed by atoms with Crippen LogP contribution in [0.4, 0.5) is 21.9 Å². The van der Waals surface area contributed by atoms with Gasteiger partial charge in [0.25, 0.3) is 17.7 Å². The molecule has 1 aliphatic heterocycles. The number of imide groups is 2. The van der Waals surface area contributed by atoms with Crippen LogP contribution < -0.4 is 19.9 Å². The highest BCUT2D eigenvalue weighted by Gasteiger charge is 2.43. The molecule has 8 heteroatoms. The number of para-hydroxylation sites is 2. The lowest BCUT2D eigenvalue weighted by atomic mass is 10.0. The second-order valence-corrected chi connectivity index (χ2v) is 9.52. The van der Waals surface area contributed by atoms with Crippen molar-refractivity contribution >= 4 is 46.9 Å². The lowest BCUT2D eigenvalue weighted by Crippen LogP contribution is -2.57. The van der Waals surface area contributed by atoms with Crippen molar-refractivity contribution in [3.63, 3.8) is 0 Å². The molecule has 1 N–H and O–H groups in total. The van der Waals surface area contributed by atoms with Gasteiger partial charge in [0.05, 0.1) is 11.4 Å². The first-order valence-corrected chi connectivity index (χ1v) is 13.0. The average molecular weight is 546 g/mol. The molecule has 1 aliphatic rings. The number of aryl methyl sites for hydroxylation is 2. The van der Waals surface area contributed by atoms with Crippen molar-refractivity contribution in [3.8, 4) is 5.75 Å². The second-order valence-electron chi connectivity index (χ2n) is 9.52. The van der Waals surface area contributed by atoms with Crippen molar-refractivity contribution in [1.82, 2.24) is 0 Å². The largest absolute Gasteiger partial charge is 0.484 e. The van der Waals surface area contributed by atoms with Gasteiger partial charge in [-0.05, 0) is 79.1 Å². The number of rotatable bonds is 7. The molecule has 8 nitrogen and oxygen atoms in total. The first kappa shape index (κ1) is 27.1. The lowest BCUT2D eigenvalue weighted by molar-refractivity contribution is -0.121. The van der Waals surface area contributed by atoms with Crippen molar-refractivity contribution in [2.45, 2.75) is 13.8 Å². The Balaban J connectivity index is 1.36. The third-order valence-electron chi connectivity index (χ3n) is 6.51. The molecular formula is C33H27N3O5. The summed E-state index contributed by atoms with van der Waals surface area (Å²) >= 11 is 0. The molecule has 1 heterocycles. The van der Waals surface area contributed by atoms with E-state index in [0.717, 1.165) is 26.6 Å². The summed E-state index contributed by atoms with van der Waals surface area (Å²) in [5, 5.41) is 2.85. The van der Waals surface area contributed by atoms with Gasteiger partial charge in [-0.1, -0.05) is 60.7 Å². The van der Waals surface area contributed by atoms with Crippen LogP contribution in [-0.2, 0) is 14.4 Å². The van der Waals surface area contributed by atoms with Crippen LogP contribution >= 0.6 is 0 Å². The minimum absolute atomic E-state index is 0.168. The van der Waals surface area contributed by atoms with Gasteiger partial charge >= 0.3 is 6.03 Å². The number of nitrogens with zero attached hydrogens (tertiary/aromatic N) is 2. The molecule has 1 fully saturated rings. The summed E-state index contributed by atoms with van der Waals surface area (Å²) in [7, 11) is 0. The number of carbonyl (C=O) groups excluding carboxylic acids is 4. The van der Waals surface area contributed by atoms with Crippen LogP contribution in [-0.4, -0.2) is 30.4 Å². The molecule has 4 aromatic rings. The Labute approximate surface area is 237 Å². The summed E-state index contributed by atoms with van der Waals surface area (Å²) < 4.78 is 5.63. The highest BCUT2D eigenvalue weighted by Crippen LogP contribution is 2.29. The van der Waals surface area contributed by atoms with E-state index in [0.29, 0.717) is 22.7 Å². The third kappa shape index (κ3) is 5.91. The number of urea groups is 1. The normalized spacial score (nSPS) is 13.3. The van der Waals surface area contributed by atoms with Crippen LogP contribution in [0.5, 0.6) is 5.75 Å². The van der Waals surface area contributed by atoms with Gasteiger partial charge in [0.1, 0.15) is 11.3 Å². The van der Waals surface area contributed by atoms with Crippen molar-refractivity contribution in [3.05, 3.63) is 125 Å². The van der Waals surface area contributed by atoms with Gasteiger partial charge < -0.3 is 10.1 Å². The zero-order valence-corrected chi connectivity index (χ0v) is 22.5. The summed E-state index contributed by atoms with van der Waals surface area (Å²) in [5.41, 5.74) is 3.80. The van der Waals surface area contributed by atoms with Gasteiger partial charge in [-0.25, -0.2) is 14.6 Å². The molecular weight excluding hydrogens is 518 g/mol. The lowest BCUT2D eigenvalue weighted by Gasteiger charge is -2.33. The Morgan fingerprint density at radius 1 is 0.756 bits per heavy atom. The number of hydrogen-bond donors (Lipinski definition) is 1. The monoisotopic (exact) mass is 545 g/mol. The first-order valence-electron chi connectivity index (χ1n) is 13.0. The molecule has 5 amide bonds. The van der Waals surface area contributed by atoms with Crippen LogP contribution in [0.2, 0.25) is 0 Å². The number of hydrogen-bond acceptors (Lipinski definition) is 5. The molecule has 0 aromatic heterocycles. The summed E-state index contributed by atoms with van der Waals surface area (Å²) in [4.78, 5) is 54.8. The highest BCUT2D eigenvalue weighted by molar-refractivity contribution is 6.46. The molecule has 0 saturated carbocycles. The maximum absolute atomic E-state index is 13.5. The second kappa shape index (κ2) is 11.7.